The number of carbonyl (C=O) groups excluding carboxylic acids is 1. The number of aliphatic hydroxyl groups excluding tert-OH is 1. The van der Waals surface area contributed by atoms with E-state index in [0.29, 0.717) is 12.5 Å². The van der Waals surface area contributed by atoms with Crippen LogP contribution in [-0.2, 0) is 4.74 Å². The largest absolute Gasteiger partial charge is 0.444 e. The fourth-order valence-electron chi connectivity index (χ4n) is 2.58. The number of benzene rings is 1. The summed E-state index contributed by atoms with van der Waals surface area (Å²) in [5, 5.41) is 13.5. The number of hydrogen-bond acceptors (Lipinski definition) is 4. The molecule has 0 aromatic heterocycles. The Morgan fingerprint density at radius 3 is 2.39 bits per heavy atom. The zero-order valence-corrected chi connectivity index (χ0v) is 14.7. The third kappa shape index (κ3) is 4.86. The number of likely N-dealkylation sites (tertiary alicyclic amines) is 1. The van der Waals surface area contributed by atoms with Gasteiger partial charge in [-0.3, -0.25) is 0 Å². The molecule has 1 aromatic carbocycles. The number of ether oxygens (including phenoxy) is 1. The predicted octanol–water partition coefficient (Wildman–Crippen LogP) is 3.20. The summed E-state index contributed by atoms with van der Waals surface area (Å²) in [5.41, 5.74) is 1.70. The summed E-state index contributed by atoms with van der Waals surface area (Å²) in [7, 11) is 0. The van der Waals surface area contributed by atoms with Crippen molar-refractivity contribution in [3.05, 3.63) is 29.8 Å². The Bertz CT molecular complexity index is 534. The van der Waals surface area contributed by atoms with E-state index in [0.717, 1.165) is 5.69 Å². The second-order valence-corrected chi connectivity index (χ2v) is 7.48. The number of carbonyl (C=O) groups is 1. The van der Waals surface area contributed by atoms with Crippen LogP contribution in [0.5, 0.6) is 0 Å². The lowest BCUT2D eigenvalue weighted by Gasteiger charge is -2.24. The van der Waals surface area contributed by atoms with Crippen LogP contribution in [0.3, 0.4) is 0 Å². The lowest BCUT2D eigenvalue weighted by atomic mass is 10.0. The highest BCUT2D eigenvalue weighted by Crippen LogP contribution is 2.21. The minimum Gasteiger partial charge on any atom is -0.444 e. The van der Waals surface area contributed by atoms with Gasteiger partial charge >= 0.3 is 6.09 Å². The third-order valence-corrected chi connectivity index (χ3v) is 3.87. The highest BCUT2D eigenvalue weighted by Gasteiger charge is 2.36. The Labute approximate surface area is 138 Å². The monoisotopic (exact) mass is 320 g/mol. The number of β-amino-alcohol motifs (C(OH)–C–C–N with tert-alkyl or cyclic N) is 1. The molecule has 128 valence electrons. The summed E-state index contributed by atoms with van der Waals surface area (Å²) in [5.74, 6) is 0.490. The number of aliphatic hydroxyl groups is 1. The van der Waals surface area contributed by atoms with E-state index >= 15 is 0 Å². The molecule has 0 aliphatic carbocycles. The molecule has 5 nitrogen and oxygen atoms in total. The molecule has 1 saturated heterocycles. The molecular weight excluding hydrogens is 292 g/mol. The average molecular weight is 320 g/mol. The van der Waals surface area contributed by atoms with Crippen molar-refractivity contribution in [1.29, 1.82) is 0 Å². The molecule has 1 fully saturated rings. The highest BCUT2D eigenvalue weighted by molar-refractivity contribution is 5.69. The number of anilines is 1. The minimum absolute atomic E-state index is 0.188. The quantitative estimate of drug-likeness (QED) is 0.898. The molecule has 1 aliphatic heterocycles. The second-order valence-electron chi connectivity index (χ2n) is 7.48. The van der Waals surface area contributed by atoms with Gasteiger partial charge in [0.05, 0.1) is 18.7 Å². The van der Waals surface area contributed by atoms with Crippen molar-refractivity contribution in [3.63, 3.8) is 0 Å². The molecule has 5 heteroatoms. The van der Waals surface area contributed by atoms with E-state index in [1.54, 1.807) is 4.90 Å². The van der Waals surface area contributed by atoms with Crippen LogP contribution in [0.25, 0.3) is 0 Å². The van der Waals surface area contributed by atoms with Crippen LogP contribution in [0.1, 0.15) is 46.1 Å². The van der Waals surface area contributed by atoms with E-state index in [9.17, 15) is 9.90 Å². The van der Waals surface area contributed by atoms with Crippen molar-refractivity contribution in [2.75, 3.05) is 18.4 Å². The van der Waals surface area contributed by atoms with Gasteiger partial charge < -0.3 is 20.1 Å². The van der Waals surface area contributed by atoms with Crippen LogP contribution in [-0.4, -0.2) is 46.9 Å². The summed E-state index contributed by atoms with van der Waals surface area (Å²) in [6.07, 6.45) is -0.983. The fraction of sp³-hybridized carbons (Fsp3) is 0.611. The first kappa shape index (κ1) is 17.6. The lowest BCUT2D eigenvalue weighted by Crippen LogP contribution is -2.36. The zero-order valence-electron chi connectivity index (χ0n) is 14.7. The van der Waals surface area contributed by atoms with Crippen molar-refractivity contribution in [2.45, 2.75) is 58.3 Å². The van der Waals surface area contributed by atoms with Crippen LogP contribution >= 0.6 is 0 Å². The normalized spacial score (nSPS) is 21.6. The first-order valence-corrected chi connectivity index (χ1v) is 8.18. The third-order valence-electron chi connectivity index (χ3n) is 3.87. The van der Waals surface area contributed by atoms with Crippen LogP contribution in [0.15, 0.2) is 24.3 Å². The van der Waals surface area contributed by atoms with Gasteiger partial charge in [-0.1, -0.05) is 26.0 Å². The van der Waals surface area contributed by atoms with Crippen molar-refractivity contribution in [3.8, 4) is 0 Å². The number of hydrogen-bond donors (Lipinski definition) is 2. The van der Waals surface area contributed by atoms with Gasteiger partial charge in [-0.2, -0.15) is 0 Å². The molecule has 0 bridgehead atoms. The number of amides is 1. The van der Waals surface area contributed by atoms with Gasteiger partial charge in [-0.05, 0) is 44.4 Å². The SMILES string of the molecule is CC(C)c1ccc(N[C@@H]2CN(C(=O)OC(C)(C)C)C[C@H]2O)cc1. The number of rotatable bonds is 3. The van der Waals surface area contributed by atoms with Gasteiger partial charge in [-0.15, -0.1) is 0 Å². The maximum absolute atomic E-state index is 12.1. The van der Waals surface area contributed by atoms with E-state index in [1.807, 2.05) is 32.9 Å². The van der Waals surface area contributed by atoms with Gasteiger partial charge in [-0.25, -0.2) is 4.79 Å². The van der Waals surface area contributed by atoms with Gasteiger partial charge in [0.25, 0.3) is 0 Å². The fourth-order valence-corrected chi connectivity index (χ4v) is 2.58. The summed E-state index contributed by atoms with van der Waals surface area (Å²) in [6, 6.07) is 8.00. The number of nitrogens with zero attached hydrogens (tertiary/aromatic N) is 1. The van der Waals surface area contributed by atoms with Crippen molar-refractivity contribution in [2.24, 2.45) is 0 Å². The Hall–Kier alpha value is -1.75. The number of nitrogens with one attached hydrogen (secondary N) is 1. The van der Waals surface area contributed by atoms with E-state index in [4.69, 9.17) is 4.74 Å². The van der Waals surface area contributed by atoms with E-state index in [-0.39, 0.29) is 18.7 Å². The molecule has 2 atom stereocenters. The highest BCUT2D eigenvalue weighted by atomic mass is 16.6. The average Bonchev–Trinajstić information content (AvgIpc) is 2.79. The summed E-state index contributed by atoms with van der Waals surface area (Å²) in [6.45, 7) is 10.5. The van der Waals surface area contributed by atoms with Crippen LogP contribution in [0.2, 0.25) is 0 Å². The molecule has 23 heavy (non-hydrogen) atoms. The Kier molecular flexibility index (Phi) is 5.19. The second kappa shape index (κ2) is 6.79. The maximum Gasteiger partial charge on any atom is 0.410 e. The molecule has 1 amide bonds. The lowest BCUT2D eigenvalue weighted by molar-refractivity contribution is 0.0270. The molecule has 0 unspecified atom stereocenters. The first-order chi connectivity index (χ1) is 10.7. The molecule has 2 rings (SSSR count). The minimum atomic E-state index is -0.604. The first-order valence-electron chi connectivity index (χ1n) is 8.18. The molecule has 1 heterocycles. The Morgan fingerprint density at radius 1 is 1.26 bits per heavy atom. The summed E-state index contributed by atoms with van der Waals surface area (Å²) < 4.78 is 5.36. The summed E-state index contributed by atoms with van der Waals surface area (Å²) >= 11 is 0. The Morgan fingerprint density at radius 2 is 1.87 bits per heavy atom. The van der Waals surface area contributed by atoms with Gasteiger partial charge in [0.15, 0.2) is 0 Å². The zero-order chi connectivity index (χ0) is 17.2. The predicted molar refractivity (Wildman–Crippen MR) is 91.8 cm³/mol. The van der Waals surface area contributed by atoms with Gasteiger partial charge in [0, 0.05) is 12.2 Å². The van der Waals surface area contributed by atoms with Crippen LogP contribution < -0.4 is 5.32 Å². The topological polar surface area (TPSA) is 61.8 Å². The van der Waals surface area contributed by atoms with Crippen LogP contribution in [0.4, 0.5) is 10.5 Å². The van der Waals surface area contributed by atoms with Crippen LogP contribution in [0, 0.1) is 0 Å². The van der Waals surface area contributed by atoms with Crippen molar-refractivity contribution < 1.29 is 14.6 Å². The smallest absolute Gasteiger partial charge is 0.410 e. The standard InChI is InChI=1S/C18H28N2O3/c1-12(2)13-6-8-14(9-7-13)19-15-10-20(11-16(15)21)17(22)23-18(3,4)5/h6-9,12,15-16,19,21H,10-11H2,1-5H3/t15-,16-/m1/s1. The molecular formula is C18H28N2O3. The Balaban J connectivity index is 1.95. The van der Waals surface area contributed by atoms with E-state index in [2.05, 4.69) is 31.3 Å². The summed E-state index contributed by atoms with van der Waals surface area (Å²) in [4.78, 5) is 13.6. The molecule has 0 radical (unpaired) electrons. The molecule has 0 saturated carbocycles. The van der Waals surface area contributed by atoms with Crippen molar-refractivity contribution in [1.82, 2.24) is 4.90 Å². The van der Waals surface area contributed by atoms with Crippen molar-refractivity contribution >= 4 is 11.8 Å². The maximum atomic E-state index is 12.1. The molecule has 1 aliphatic rings. The molecule has 2 N–H and O–H groups in total. The van der Waals surface area contributed by atoms with Gasteiger partial charge in [0.1, 0.15) is 5.60 Å². The molecule has 1 aromatic rings. The van der Waals surface area contributed by atoms with E-state index in [1.165, 1.54) is 5.56 Å². The molecule has 0 spiro atoms. The van der Waals surface area contributed by atoms with E-state index < -0.39 is 11.7 Å². The van der Waals surface area contributed by atoms with Gasteiger partial charge in [0.2, 0.25) is 0 Å².